The third-order valence-electron chi connectivity index (χ3n) is 4.24. The summed E-state index contributed by atoms with van der Waals surface area (Å²) >= 11 is 0. The molecule has 106 valence electrons. The molecule has 4 nitrogen and oxygen atoms in total. The number of nitrogens with two attached hydrogens (primary N) is 1. The van der Waals surface area contributed by atoms with Gasteiger partial charge in [0.1, 0.15) is 0 Å². The molecule has 20 heavy (non-hydrogen) atoms. The summed E-state index contributed by atoms with van der Waals surface area (Å²) in [5, 5.41) is 0. The first kappa shape index (κ1) is 13.2. The summed E-state index contributed by atoms with van der Waals surface area (Å²) in [6.07, 6.45) is 6.05. The van der Waals surface area contributed by atoms with Gasteiger partial charge in [0.05, 0.1) is 5.56 Å². The highest BCUT2D eigenvalue weighted by atomic mass is 16.2. The molecule has 1 fully saturated rings. The zero-order valence-electron chi connectivity index (χ0n) is 11.8. The number of hydrogen-bond acceptors (Lipinski definition) is 2. The van der Waals surface area contributed by atoms with Crippen LogP contribution in [0.4, 0.5) is 0 Å². The predicted molar refractivity (Wildman–Crippen MR) is 79.7 cm³/mol. The molecular weight excluding hydrogens is 250 g/mol. The van der Waals surface area contributed by atoms with Crippen molar-refractivity contribution < 1.29 is 4.79 Å². The van der Waals surface area contributed by atoms with Gasteiger partial charge in [0.2, 0.25) is 0 Å². The van der Waals surface area contributed by atoms with Crippen LogP contribution in [0.2, 0.25) is 0 Å². The third-order valence-corrected chi connectivity index (χ3v) is 4.24. The molecule has 2 N–H and O–H groups in total. The average Bonchev–Trinajstić information content (AvgIpc) is 2.90. The molecule has 0 radical (unpaired) electrons. The normalized spacial score (nSPS) is 21.1. The summed E-state index contributed by atoms with van der Waals surface area (Å²) in [5.41, 5.74) is 7.81. The highest BCUT2D eigenvalue weighted by Gasteiger charge is 2.26. The molecule has 0 saturated carbocycles. The molecule has 3 rings (SSSR count). The molecular formula is C16H21N3O. The largest absolute Gasteiger partial charge is 0.338 e. The van der Waals surface area contributed by atoms with Crippen LogP contribution in [0, 0.1) is 5.92 Å². The number of aromatic nitrogens is 1. The number of hydrogen-bond donors (Lipinski definition) is 1. The van der Waals surface area contributed by atoms with Crippen molar-refractivity contribution in [3.63, 3.8) is 0 Å². The van der Waals surface area contributed by atoms with Crippen molar-refractivity contribution in [3.8, 4) is 0 Å². The monoisotopic (exact) mass is 271 g/mol. The van der Waals surface area contributed by atoms with Crippen molar-refractivity contribution in [2.24, 2.45) is 11.7 Å². The van der Waals surface area contributed by atoms with E-state index in [1.54, 1.807) is 0 Å². The van der Waals surface area contributed by atoms with Crippen molar-refractivity contribution >= 4 is 11.4 Å². The van der Waals surface area contributed by atoms with Gasteiger partial charge in [-0.05, 0) is 43.9 Å². The molecule has 0 bridgehead atoms. The first-order valence-electron chi connectivity index (χ1n) is 7.27. The lowest BCUT2D eigenvalue weighted by Gasteiger charge is -2.34. The van der Waals surface area contributed by atoms with Crippen LogP contribution in [-0.2, 0) is 0 Å². The second-order valence-corrected chi connectivity index (χ2v) is 5.77. The Balaban J connectivity index is 1.81. The van der Waals surface area contributed by atoms with E-state index in [-0.39, 0.29) is 11.9 Å². The maximum absolute atomic E-state index is 12.6. The summed E-state index contributed by atoms with van der Waals surface area (Å²) < 4.78 is 1.99. The quantitative estimate of drug-likeness (QED) is 0.909. The second-order valence-electron chi connectivity index (χ2n) is 5.77. The maximum Gasteiger partial charge on any atom is 0.255 e. The molecule has 0 spiro atoms. The number of likely N-dealkylation sites (tertiary alicyclic amines) is 1. The van der Waals surface area contributed by atoms with Crippen LogP contribution in [0.3, 0.4) is 0 Å². The number of carbonyl (C=O) groups excluding carboxylic acids is 1. The standard InChI is InChI=1S/C16H21N3O/c1-12(17)13-5-4-8-19(10-13)16(20)14-9-15-6-2-3-7-18(15)11-14/h2-3,6-7,9,11-13H,4-5,8,10,17H2,1H3. The Kier molecular flexibility index (Phi) is 3.49. The molecule has 2 aromatic heterocycles. The first-order chi connectivity index (χ1) is 9.65. The van der Waals surface area contributed by atoms with Crippen LogP contribution in [0.15, 0.2) is 36.7 Å². The van der Waals surface area contributed by atoms with E-state index < -0.39 is 0 Å². The lowest BCUT2D eigenvalue weighted by atomic mass is 9.92. The third kappa shape index (κ3) is 2.43. The van der Waals surface area contributed by atoms with Crippen LogP contribution >= 0.6 is 0 Å². The number of nitrogens with zero attached hydrogens (tertiary/aromatic N) is 2. The van der Waals surface area contributed by atoms with Gasteiger partial charge >= 0.3 is 0 Å². The summed E-state index contributed by atoms with van der Waals surface area (Å²) in [7, 11) is 0. The Morgan fingerprint density at radius 1 is 1.45 bits per heavy atom. The lowest BCUT2D eigenvalue weighted by molar-refractivity contribution is 0.0661. The Morgan fingerprint density at radius 3 is 3.05 bits per heavy atom. The van der Waals surface area contributed by atoms with Gasteiger partial charge in [-0.1, -0.05) is 6.07 Å². The number of piperidine rings is 1. The Morgan fingerprint density at radius 2 is 2.30 bits per heavy atom. The molecule has 3 heterocycles. The van der Waals surface area contributed by atoms with Crippen molar-refractivity contribution in [2.45, 2.75) is 25.8 Å². The van der Waals surface area contributed by atoms with Gasteiger partial charge in [-0.25, -0.2) is 0 Å². The van der Waals surface area contributed by atoms with E-state index in [2.05, 4.69) is 0 Å². The lowest BCUT2D eigenvalue weighted by Crippen LogP contribution is -2.44. The van der Waals surface area contributed by atoms with Gasteiger partial charge in [0, 0.05) is 37.0 Å². The number of fused-ring (bicyclic) bond motifs is 1. The van der Waals surface area contributed by atoms with E-state index in [0.29, 0.717) is 5.92 Å². The van der Waals surface area contributed by atoms with Crippen molar-refractivity contribution in [2.75, 3.05) is 13.1 Å². The smallest absolute Gasteiger partial charge is 0.255 e. The topological polar surface area (TPSA) is 50.7 Å². The maximum atomic E-state index is 12.6. The van der Waals surface area contributed by atoms with Gasteiger partial charge in [-0.2, -0.15) is 0 Å². The van der Waals surface area contributed by atoms with Crippen molar-refractivity contribution in [3.05, 3.63) is 42.2 Å². The average molecular weight is 271 g/mol. The molecule has 2 aromatic rings. The molecule has 2 unspecified atom stereocenters. The second kappa shape index (κ2) is 5.29. The molecule has 1 aliphatic heterocycles. The van der Waals surface area contributed by atoms with Crippen molar-refractivity contribution in [1.82, 2.24) is 9.30 Å². The summed E-state index contributed by atoms with van der Waals surface area (Å²) in [6, 6.07) is 8.07. The summed E-state index contributed by atoms with van der Waals surface area (Å²) in [5.74, 6) is 0.545. The fraction of sp³-hybridized carbons (Fsp3) is 0.438. The zero-order chi connectivity index (χ0) is 14.1. The van der Waals surface area contributed by atoms with Gasteiger partial charge in [-0.15, -0.1) is 0 Å². The number of pyridine rings is 1. The van der Waals surface area contributed by atoms with Crippen LogP contribution in [0.5, 0.6) is 0 Å². The van der Waals surface area contributed by atoms with Gasteiger partial charge in [0.15, 0.2) is 0 Å². The predicted octanol–water partition coefficient (Wildman–Crippen LogP) is 2.14. The molecule has 1 amide bonds. The summed E-state index contributed by atoms with van der Waals surface area (Å²) in [4.78, 5) is 14.6. The molecule has 1 saturated heterocycles. The summed E-state index contributed by atoms with van der Waals surface area (Å²) in [6.45, 7) is 3.66. The van der Waals surface area contributed by atoms with E-state index >= 15 is 0 Å². The minimum absolute atomic E-state index is 0.124. The zero-order valence-corrected chi connectivity index (χ0v) is 11.8. The fourth-order valence-corrected chi connectivity index (χ4v) is 2.98. The number of rotatable bonds is 2. The highest BCUT2D eigenvalue weighted by Crippen LogP contribution is 2.21. The van der Waals surface area contributed by atoms with E-state index in [4.69, 9.17) is 5.73 Å². The van der Waals surface area contributed by atoms with Crippen LogP contribution in [0.25, 0.3) is 5.52 Å². The van der Waals surface area contributed by atoms with Gasteiger partial charge in [0.25, 0.3) is 5.91 Å². The first-order valence-corrected chi connectivity index (χ1v) is 7.27. The van der Waals surface area contributed by atoms with Crippen LogP contribution in [0.1, 0.15) is 30.1 Å². The van der Waals surface area contributed by atoms with Crippen LogP contribution in [-0.4, -0.2) is 34.3 Å². The van der Waals surface area contributed by atoms with Crippen LogP contribution < -0.4 is 5.73 Å². The molecule has 4 heteroatoms. The fourth-order valence-electron chi connectivity index (χ4n) is 2.98. The molecule has 2 atom stereocenters. The minimum atomic E-state index is 0.124. The van der Waals surface area contributed by atoms with E-state index in [1.165, 1.54) is 0 Å². The number of amides is 1. The Bertz CT molecular complexity index is 584. The Labute approximate surface area is 119 Å². The minimum Gasteiger partial charge on any atom is -0.338 e. The molecule has 0 aromatic carbocycles. The van der Waals surface area contributed by atoms with E-state index in [1.807, 2.05) is 52.9 Å². The van der Waals surface area contributed by atoms with E-state index in [0.717, 1.165) is 37.0 Å². The van der Waals surface area contributed by atoms with E-state index in [9.17, 15) is 4.79 Å². The van der Waals surface area contributed by atoms with Gasteiger partial charge < -0.3 is 15.0 Å². The number of carbonyl (C=O) groups is 1. The van der Waals surface area contributed by atoms with Crippen molar-refractivity contribution in [1.29, 1.82) is 0 Å². The Hall–Kier alpha value is -1.81. The molecule has 0 aliphatic carbocycles. The van der Waals surface area contributed by atoms with Gasteiger partial charge in [-0.3, -0.25) is 4.79 Å². The highest BCUT2D eigenvalue weighted by molar-refractivity contribution is 5.95. The SMILES string of the molecule is CC(N)C1CCCN(C(=O)c2cc3ccccn3c2)C1. The molecule has 1 aliphatic rings.